The molecule has 0 aliphatic heterocycles. The van der Waals surface area contributed by atoms with Crippen molar-refractivity contribution in [1.29, 1.82) is 0 Å². The van der Waals surface area contributed by atoms with E-state index in [1.54, 1.807) is 0 Å². The molecule has 0 amide bonds. The number of aliphatic hydroxyl groups is 1. The van der Waals surface area contributed by atoms with Gasteiger partial charge >= 0.3 is 0 Å². The average Bonchev–Trinajstić information content (AvgIpc) is 1.94. The van der Waals surface area contributed by atoms with Crippen molar-refractivity contribution in [1.82, 2.24) is 0 Å². The Morgan fingerprint density at radius 1 is 1.38 bits per heavy atom. The van der Waals surface area contributed by atoms with Gasteiger partial charge in [0.1, 0.15) is 13.7 Å². The Kier molecular flexibility index (Phi) is 2.89. The Labute approximate surface area is 82.6 Å². The molecule has 0 spiro atoms. The van der Waals surface area contributed by atoms with Crippen LogP contribution in [0.15, 0.2) is 0 Å². The molecule has 1 N–H and O–H groups in total. The van der Waals surface area contributed by atoms with Gasteiger partial charge in [-0.05, 0) is 18.8 Å². The Hall–Kier alpha value is -0.263. The van der Waals surface area contributed by atoms with Gasteiger partial charge in [-0.1, -0.05) is 38.9 Å². The summed E-state index contributed by atoms with van der Waals surface area (Å²) in [6, 6.07) is 0. The summed E-state index contributed by atoms with van der Waals surface area (Å²) in [5, 5.41) is 9.92. The van der Waals surface area contributed by atoms with E-state index in [1.165, 1.54) is 6.42 Å². The second-order valence-corrected chi connectivity index (χ2v) is 9.96. The van der Waals surface area contributed by atoms with Crippen molar-refractivity contribution in [2.45, 2.75) is 51.4 Å². The fraction of sp³-hybridized carbons (Fsp3) is 0.818. The van der Waals surface area contributed by atoms with Gasteiger partial charge in [0.2, 0.25) is 0 Å². The highest BCUT2D eigenvalue weighted by molar-refractivity contribution is 6.83. The lowest BCUT2D eigenvalue weighted by Crippen LogP contribution is -2.42. The predicted octanol–water partition coefficient (Wildman–Crippen LogP) is 2.42. The van der Waals surface area contributed by atoms with Crippen molar-refractivity contribution >= 4 is 8.07 Å². The van der Waals surface area contributed by atoms with Gasteiger partial charge in [0.05, 0.1) is 0 Å². The van der Waals surface area contributed by atoms with E-state index in [2.05, 4.69) is 38.0 Å². The molecule has 0 saturated heterocycles. The Morgan fingerprint density at radius 3 is 2.31 bits per heavy atom. The fourth-order valence-corrected chi connectivity index (χ4v) is 2.20. The van der Waals surface area contributed by atoms with Crippen LogP contribution in [0.25, 0.3) is 0 Å². The van der Waals surface area contributed by atoms with Gasteiger partial charge in [0, 0.05) is 0 Å². The van der Waals surface area contributed by atoms with Crippen LogP contribution >= 0.6 is 0 Å². The summed E-state index contributed by atoms with van der Waals surface area (Å²) in [4.78, 5) is 0. The zero-order valence-electron chi connectivity index (χ0n) is 9.15. The van der Waals surface area contributed by atoms with Crippen molar-refractivity contribution in [2.24, 2.45) is 5.92 Å². The number of hydrogen-bond donors (Lipinski definition) is 1. The summed E-state index contributed by atoms with van der Waals surface area (Å²) in [7, 11) is -1.30. The van der Waals surface area contributed by atoms with E-state index in [1.807, 2.05) is 0 Å². The molecule has 0 unspecified atom stereocenters. The van der Waals surface area contributed by atoms with Crippen LogP contribution in [0.5, 0.6) is 0 Å². The largest absolute Gasteiger partial charge is 0.378 e. The van der Waals surface area contributed by atoms with Gasteiger partial charge in [0.15, 0.2) is 0 Å². The van der Waals surface area contributed by atoms with Gasteiger partial charge in [-0.25, -0.2) is 0 Å². The van der Waals surface area contributed by atoms with E-state index in [-0.39, 0.29) is 0 Å². The topological polar surface area (TPSA) is 20.2 Å². The summed E-state index contributed by atoms with van der Waals surface area (Å²) in [5.74, 6) is 3.78. The third kappa shape index (κ3) is 3.17. The molecular formula is C11H20OSi. The highest BCUT2D eigenvalue weighted by atomic mass is 28.3. The molecule has 1 aliphatic rings. The van der Waals surface area contributed by atoms with Gasteiger partial charge in [-0.15, -0.1) is 5.54 Å². The molecule has 0 heterocycles. The number of rotatable bonds is 1. The molecule has 1 saturated carbocycles. The van der Waals surface area contributed by atoms with Gasteiger partial charge in [0.25, 0.3) is 0 Å². The van der Waals surface area contributed by atoms with E-state index in [4.69, 9.17) is 0 Å². The third-order valence-corrected chi connectivity index (χ3v) is 3.38. The summed E-state index contributed by atoms with van der Waals surface area (Å²) in [6.07, 6.45) is 2.96. The van der Waals surface area contributed by atoms with Crippen LogP contribution in [0.2, 0.25) is 19.6 Å². The molecule has 0 bridgehead atoms. The molecule has 1 nitrogen and oxygen atoms in total. The van der Waals surface area contributed by atoms with Crippen molar-refractivity contribution in [3.05, 3.63) is 0 Å². The highest BCUT2D eigenvalue weighted by Crippen LogP contribution is 2.39. The first kappa shape index (κ1) is 10.8. The van der Waals surface area contributed by atoms with Gasteiger partial charge in [-0.2, -0.15) is 0 Å². The Bertz CT molecular complexity index is 235. The first-order valence-corrected chi connectivity index (χ1v) is 8.61. The Morgan fingerprint density at radius 2 is 1.92 bits per heavy atom. The van der Waals surface area contributed by atoms with Crippen molar-refractivity contribution < 1.29 is 5.11 Å². The van der Waals surface area contributed by atoms with E-state index in [9.17, 15) is 5.11 Å². The van der Waals surface area contributed by atoms with Crippen LogP contribution in [0.1, 0.15) is 26.2 Å². The summed E-state index contributed by atoms with van der Waals surface area (Å²) >= 11 is 0. The predicted molar refractivity (Wildman–Crippen MR) is 59.1 cm³/mol. The SMILES string of the molecule is CC[C@H]1C[C@](O)(C#C[Si](C)(C)C)C1. The molecule has 2 heteroatoms. The molecule has 1 aliphatic carbocycles. The van der Waals surface area contributed by atoms with E-state index >= 15 is 0 Å². The minimum Gasteiger partial charge on any atom is -0.378 e. The maximum atomic E-state index is 9.92. The van der Waals surface area contributed by atoms with E-state index < -0.39 is 13.7 Å². The molecule has 0 atom stereocenters. The lowest BCUT2D eigenvalue weighted by molar-refractivity contribution is -0.0229. The zero-order valence-corrected chi connectivity index (χ0v) is 10.1. The van der Waals surface area contributed by atoms with Crippen molar-refractivity contribution in [2.75, 3.05) is 0 Å². The van der Waals surface area contributed by atoms with Crippen LogP contribution < -0.4 is 0 Å². The fourth-order valence-electron chi connectivity index (χ4n) is 1.59. The average molecular weight is 196 g/mol. The summed E-state index contributed by atoms with van der Waals surface area (Å²) in [5.41, 5.74) is 2.62. The van der Waals surface area contributed by atoms with Crippen LogP contribution in [-0.4, -0.2) is 18.8 Å². The molecule has 1 rings (SSSR count). The molecule has 0 aromatic rings. The Balaban J connectivity index is 2.50. The molecular weight excluding hydrogens is 176 g/mol. The van der Waals surface area contributed by atoms with Gasteiger partial charge < -0.3 is 5.11 Å². The highest BCUT2D eigenvalue weighted by Gasteiger charge is 2.40. The maximum Gasteiger partial charge on any atom is 0.129 e. The monoisotopic (exact) mass is 196 g/mol. The standard InChI is InChI=1S/C11H20OSi/c1-5-10-8-11(12,9-10)6-7-13(2,3)4/h10,12H,5,8-9H2,1-4H3/t10-,11+. The van der Waals surface area contributed by atoms with Crippen LogP contribution in [0.4, 0.5) is 0 Å². The summed E-state index contributed by atoms with van der Waals surface area (Å²) in [6.45, 7) is 8.80. The van der Waals surface area contributed by atoms with Crippen LogP contribution in [-0.2, 0) is 0 Å². The zero-order chi connectivity index (χ0) is 10.1. The summed E-state index contributed by atoms with van der Waals surface area (Å²) < 4.78 is 0. The molecule has 74 valence electrons. The van der Waals surface area contributed by atoms with Gasteiger partial charge in [-0.3, -0.25) is 0 Å². The smallest absolute Gasteiger partial charge is 0.129 e. The first-order chi connectivity index (χ1) is 5.85. The molecule has 1 fully saturated rings. The van der Waals surface area contributed by atoms with E-state index in [0.717, 1.165) is 12.8 Å². The second kappa shape index (κ2) is 3.47. The van der Waals surface area contributed by atoms with Crippen LogP contribution in [0, 0.1) is 17.4 Å². The van der Waals surface area contributed by atoms with Crippen LogP contribution in [0.3, 0.4) is 0 Å². The number of hydrogen-bond acceptors (Lipinski definition) is 1. The quantitative estimate of drug-likeness (QED) is 0.504. The lowest BCUT2D eigenvalue weighted by Gasteiger charge is -2.39. The normalized spacial score (nSPS) is 33.2. The minimum absolute atomic E-state index is 0.624. The first-order valence-electron chi connectivity index (χ1n) is 5.11. The van der Waals surface area contributed by atoms with Crippen molar-refractivity contribution in [3.63, 3.8) is 0 Å². The van der Waals surface area contributed by atoms with Crippen molar-refractivity contribution in [3.8, 4) is 11.5 Å². The third-order valence-electron chi connectivity index (χ3n) is 2.50. The second-order valence-electron chi connectivity index (χ2n) is 5.21. The van der Waals surface area contributed by atoms with E-state index in [0.29, 0.717) is 5.92 Å². The maximum absolute atomic E-state index is 9.92. The molecule has 13 heavy (non-hydrogen) atoms. The molecule has 0 radical (unpaired) electrons. The lowest BCUT2D eigenvalue weighted by atomic mass is 9.70. The molecule has 0 aromatic carbocycles. The molecule has 0 aromatic heterocycles. The minimum atomic E-state index is -1.30.